The monoisotopic (exact) mass is 280 g/mol. The first-order valence-electron chi connectivity index (χ1n) is 6.70. The van der Waals surface area contributed by atoms with E-state index in [-0.39, 0.29) is 5.91 Å². The minimum absolute atomic E-state index is 0.0977. The molecule has 21 heavy (non-hydrogen) atoms. The van der Waals surface area contributed by atoms with Crippen LogP contribution in [-0.4, -0.2) is 17.9 Å². The Hall–Kier alpha value is -2.75. The van der Waals surface area contributed by atoms with Gasteiger partial charge in [-0.15, -0.1) is 0 Å². The molecule has 0 aliphatic carbocycles. The minimum atomic E-state index is -0.0977. The van der Waals surface area contributed by atoms with Crippen LogP contribution in [0.15, 0.2) is 59.4 Å². The molecule has 0 unspecified atom stereocenters. The average Bonchev–Trinajstić information content (AvgIpc) is 2.98. The summed E-state index contributed by atoms with van der Waals surface area (Å²) in [6.45, 7) is 0.488. The summed E-state index contributed by atoms with van der Waals surface area (Å²) in [5.74, 6) is -0.0977. The summed E-state index contributed by atoms with van der Waals surface area (Å²) >= 11 is 0. The van der Waals surface area contributed by atoms with Gasteiger partial charge in [0.1, 0.15) is 0 Å². The van der Waals surface area contributed by atoms with Gasteiger partial charge in [-0.2, -0.15) is 0 Å². The maximum atomic E-state index is 12.6. The van der Waals surface area contributed by atoms with Crippen LogP contribution in [-0.2, 0) is 6.54 Å². The van der Waals surface area contributed by atoms with Gasteiger partial charge in [-0.25, -0.2) is 0 Å². The van der Waals surface area contributed by atoms with Gasteiger partial charge in [-0.3, -0.25) is 4.79 Å². The van der Waals surface area contributed by atoms with E-state index in [9.17, 15) is 4.79 Å². The fraction of sp³-hybridized carbons (Fsp3) is 0.118. The lowest BCUT2D eigenvalue weighted by Crippen LogP contribution is -2.26. The van der Waals surface area contributed by atoms with Gasteiger partial charge in [0.2, 0.25) is 0 Å². The fourth-order valence-corrected chi connectivity index (χ4v) is 2.38. The Morgan fingerprint density at radius 2 is 1.90 bits per heavy atom. The number of amides is 1. The van der Waals surface area contributed by atoms with Gasteiger partial charge in [0.05, 0.1) is 18.1 Å². The second kappa shape index (κ2) is 5.32. The van der Waals surface area contributed by atoms with E-state index in [0.717, 1.165) is 16.3 Å². The molecule has 0 bridgehead atoms. The Bertz CT molecular complexity index is 779. The van der Waals surface area contributed by atoms with Gasteiger partial charge < -0.3 is 15.1 Å². The Kier molecular flexibility index (Phi) is 3.36. The van der Waals surface area contributed by atoms with Crippen molar-refractivity contribution in [1.29, 1.82) is 0 Å². The van der Waals surface area contributed by atoms with Crippen LogP contribution in [0.25, 0.3) is 10.8 Å². The van der Waals surface area contributed by atoms with Crippen molar-refractivity contribution < 1.29 is 9.21 Å². The number of carbonyl (C=O) groups is 1. The molecule has 0 saturated heterocycles. The number of nitrogens with zero attached hydrogens (tertiary/aromatic N) is 1. The van der Waals surface area contributed by atoms with Gasteiger partial charge >= 0.3 is 0 Å². The SMILES string of the molecule is CN(Cc1ccoc1)C(=O)c1cc2ccccc2cc1N. The van der Waals surface area contributed by atoms with Crippen molar-refractivity contribution >= 4 is 22.4 Å². The fourth-order valence-electron chi connectivity index (χ4n) is 2.38. The second-order valence-corrected chi connectivity index (χ2v) is 5.08. The summed E-state index contributed by atoms with van der Waals surface area (Å²) in [5.41, 5.74) is 8.01. The van der Waals surface area contributed by atoms with E-state index in [0.29, 0.717) is 17.8 Å². The number of rotatable bonds is 3. The summed E-state index contributed by atoms with van der Waals surface area (Å²) in [7, 11) is 1.75. The molecule has 4 heteroatoms. The largest absolute Gasteiger partial charge is 0.472 e. The van der Waals surface area contributed by atoms with Crippen LogP contribution in [0.5, 0.6) is 0 Å². The summed E-state index contributed by atoms with van der Waals surface area (Å²) in [4.78, 5) is 14.2. The van der Waals surface area contributed by atoms with Gasteiger partial charge in [0, 0.05) is 24.8 Å². The topological polar surface area (TPSA) is 59.5 Å². The minimum Gasteiger partial charge on any atom is -0.472 e. The molecule has 1 amide bonds. The number of nitrogen functional groups attached to an aromatic ring is 1. The first-order chi connectivity index (χ1) is 10.1. The third-order valence-corrected chi connectivity index (χ3v) is 3.49. The summed E-state index contributed by atoms with van der Waals surface area (Å²) in [5, 5.41) is 2.04. The number of hydrogen-bond donors (Lipinski definition) is 1. The van der Waals surface area contributed by atoms with Gasteiger partial charge in [0.25, 0.3) is 5.91 Å². The predicted octanol–water partition coefficient (Wildman–Crippen LogP) is 3.29. The zero-order valence-electron chi connectivity index (χ0n) is 11.7. The Morgan fingerprint density at radius 1 is 1.19 bits per heavy atom. The quantitative estimate of drug-likeness (QED) is 0.749. The third kappa shape index (κ3) is 2.60. The first-order valence-corrected chi connectivity index (χ1v) is 6.70. The highest BCUT2D eigenvalue weighted by Gasteiger charge is 2.16. The molecule has 0 saturated carbocycles. The Balaban J connectivity index is 1.91. The van der Waals surface area contributed by atoms with Crippen molar-refractivity contribution in [3.63, 3.8) is 0 Å². The van der Waals surface area contributed by atoms with Crippen LogP contribution in [0.2, 0.25) is 0 Å². The number of hydrogen-bond acceptors (Lipinski definition) is 3. The van der Waals surface area contributed by atoms with Crippen LogP contribution < -0.4 is 5.73 Å². The van der Waals surface area contributed by atoms with Crippen LogP contribution in [0.3, 0.4) is 0 Å². The van der Waals surface area contributed by atoms with Crippen molar-refractivity contribution in [2.45, 2.75) is 6.54 Å². The van der Waals surface area contributed by atoms with Gasteiger partial charge in [-0.1, -0.05) is 24.3 Å². The zero-order chi connectivity index (χ0) is 14.8. The summed E-state index contributed by atoms with van der Waals surface area (Å²) in [6.07, 6.45) is 3.23. The lowest BCUT2D eigenvalue weighted by Gasteiger charge is -2.18. The van der Waals surface area contributed by atoms with E-state index < -0.39 is 0 Å². The van der Waals surface area contributed by atoms with Crippen LogP contribution in [0.1, 0.15) is 15.9 Å². The van der Waals surface area contributed by atoms with Crippen molar-refractivity contribution in [3.05, 3.63) is 66.1 Å². The van der Waals surface area contributed by atoms with Crippen molar-refractivity contribution in [2.24, 2.45) is 0 Å². The van der Waals surface area contributed by atoms with Crippen LogP contribution in [0, 0.1) is 0 Å². The molecule has 0 aliphatic heterocycles. The number of furan rings is 1. The molecule has 2 N–H and O–H groups in total. The maximum absolute atomic E-state index is 12.6. The van der Waals surface area contributed by atoms with Crippen molar-refractivity contribution in [1.82, 2.24) is 4.90 Å². The van der Waals surface area contributed by atoms with Crippen LogP contribution in [0.4, 0.5) is 5.69 Å². The predicted molar refractivity (Wildman–Crippen MR) is 82.9 cm³/mol. The smallest absolute Gasteiger partial charge is 0.256 e. The highest BCUT2D eigenvalue weighted by atomic mass is 16.3. The Labute approximate surface area is 122 Å². The zero-order valence-corrected chi connectivity index (χ0v) is 11.7. The highest BCUT2D eigenvalue weighted by Crippen LogP contribution is 2.23. The Morgan fingerprint density at radius 3 is 2.57 bits per heavy atom. The standard InChI is InChI=1S/C17H16N2O2/c1-19(10-12-6-7-21-11-12)17(20)15-8-13-4-2-3-5-14(13)9-16(15)18/h2-9,11H,10,18H2,1H3. The molecule has 2 aromatic carbocycles. The lowest BCUT2D eigenvalue weighted by molar-refractivity contribution is 0.0786. The van der Waals surface area contributed by atoms with E-state index in [4.69, 9.17) is 10.2 Å². The molecule has 106 valence electrons. The number of anilines is 1. The molecule has 1 heterocycles. The first kappa shape index (κ1) is 13.2. The number of nitrogens with two attached hydrogens (primary N) is 1. The van der Waals surface area contributed by atoms with Gasteiger partial charge in [0.15, 0.2) is 0 Å². The normalized spacial score (nSPS) is 10.7. The lowest BCUT2D eigenvalue weighted by atomic mass is 10.0. The van der Waals surface area contributed by atoms with E-state index in [1.165, 1.54) is 0 Å². The maximum Gasteiger partial charge on any atom is 0.256 e. The van der Waals surface area contributed by atoms with E-state index in [1.807, 2.05) is 42.5 Å². The molecule has 0 radical (unpaired) electrons. The molecule has 0 atom stereocenters. The number of carbonyl (C=O) groups excluding carboxylic acids is 1. The molecule has 3 rings (SSSR count). The highest BCUT2D eigenvalue weighted by molar-refractivity contribution is 6.03. The number of benzene rings is 2. The van der Waals surface area contributed by atoms with Crippen molar-refractivity contribution in [3.8, 4) is 0 Å². The van der Waals surface area contributed by atoms with E-state index >= 15 is 0 Å². The molecule has 4 nitrogen and oxygen atoms in total. The molecule has 3 aromatic rings. The molecular weight excluding hydrogens is 264 g/mol. The third-order valence-electron chi connectivity index (χ3n) is 3.49. The van der Waals surface area contributed by atoms with E-state index in [1.54, 1.807) is 24.5 Å². The molecule has 0 spiro atoms. The molecule has 0 aliphatic rings. The van der Waals surface area contributed by atoms with Crippen LogP contribution >= 0.6 is 0 Å². The summed E-state index contributed by atoms with van der Waals surface area (Å²) < 4.78 is 5.02. The van der Waals surface area contributed by atoms with Gasteiger partial charge in [-0.05, 0) is 29.0 Å². The van der Waals surface area contributed by atoms with E-state index in [2.05, 4.69) is 0 Å². The summed E-state index contributed by atoms with van der Waals surface area (Å²) in [6, 6.07) is 13.4. The molecule has 0 fully saturated rings. The molecular formula is C17H16N2O2. The van der Waals surface area contributed by atoms with Crippen molar-refractivity contribution in [2.75, 3.05) is 12.8 Å². The average molecular weight is 280 g/mol. The number of fused-ring (bicyclic) bond motifs is 1. The second-order valence-electron chi connectivity index (χ2n) is 5.08. The molecule has 1 aromatic heterocycles.